The van der Waals surface area contributed by atoms with Gasteiger partial charge in [-0.2, -0.15) is 0 Å². The predicted octanol–water partition coefficient (Wildman–Crippen LogP) is 4.50. The van der Waals surface area contributed by atoms with E-state index in [0.29, 0.717) is 11.2 Å². The first-order valence-electron chi connectivity index (χ1n) is 7.43. The zero-order valence-corrected chi connectivity index (χ0v) is 13.6. The van der Waals surface area contributed by atoms with Gasteiger partial charge in [0.2, 0.25) is 0 Å². The minimum atomic E-state index is 0.340. The van der Waals surface area contributed by atoms with Gasteiger partial charge in [0.05, 0.1) is 0 Å². The van der Waals surface area contributed by atoms with Crippen LogP contribution in [0.15, 0.2) is 36.7 Å². The number of nitrogens with zero attached hydrogens (tertiary/aromatic N) is 3. The molecule has 0 fully saturated rings. The lowest BCUT2D eigenvalue weighted by molar-refractivity contribution is 0.664. The van der Waals surface area contributed by atoms with Crippen molar-refractivity contribution in [2.45, 2.75) is 46.2 Å². The highest BCUT2D eigenvalue weighted by Crippen LogP contribution is 2.27. The van der Waals surface area contributed by atoms with Gasteiger partial charge in [0.1, 0.15) is 17.3 Å². The molecule has 0 spiro atoms. The molecule has 0 saturated carbocycles. The standard InChI is InChI=1S/C17H22ClN3/c1-4-8-15-16(18)19-12-20-17(15)21(13(2)3)11-14-9-6-5-7-10-14/h5-7,9-10,12-13H,4,8,11H2,1-3H3. The number of hydrogen-bond acceptors (Lipinski definition) is 3. The summed E-state index contributed by atoms with van der Waals surface area (Å²) in [5.41, 5.74) is 2.31. The van der Waals surface area contributed by atoms with E-state index in [9.17, 15) is 0 Å². The Balaban J connectivity index is 2.37. The van der Waals surface area contributed by atoms with E-state index in [0.717, 1.165) is 30.8 Å². The second-order valence-corrected chi connectivity index (χ2v) is 5.78. The Labute approximate surface area is 132 Å². The van der Waals surface area contributed by atoms with E-state index in [-0.39, 0.29) is 0 Å². The van der Waals surface area contributed by atoms with Crippen LogP contribution in [0.4, 0.5) is 5.82 Å². The van der Waals surface area contributed by atoms with Crippen LogP contribution >= 0.6 is 11.6 Å². The molecular formula is C17H22ClN3. The maximum Gasteiger partial charge on any atom is 0.137 e. The summed E-state index contributed by atoms with van der Waals surface area (Å²) in [6.07, 6.45) is 3.47. The number of anilines is 1. The van der Waals surface area contributed by atoms with E-state index >= 15 is 0 Å². The second-order valence-electron chi connectivity index (χ2n) is 5.42. The van der Waals surface area contributed by atoms with Crippen LogP contribution in [0.2, 0.25) is 5.15 Å². The largest absolute Gasteiger partial charge is 0.349 e. The molecule has 0 saturated heterocycles. The molecule has 21 heavy (non-hydrogen) atoms. The van der Waals surface area contributed by atoms with Gasteiger partial charge in [-0.05, 0) is 25.8 Å². The molecular weight excluding hydrogens is 282 g/mol. The van der Waals surface area contributed by atoms with Gasteiger partial charge < -0.3 is 4.90 Å². The van der Waals surface area contributed by atoms with Crippen LogP contribution in [-0.2, 0) is 13.0 Å². The third kappa shape index (κ3) is 3.94. The minimum absolute atomic E-state index is 0.340. The fourth-order valence-electron chi connectivity index (χ4n) is 2.38. The maximum absolute atomic E-state index is 6.28. The topological polar surface area (TPSA) is 29.0 Å². The summed E-state index contributed by atoms with van der Waals surface area (Å²) in [4.78, 5) is 10.9. The minimum Gasteiger partial charge on any atom is -0.349 e. The van der Waals surface area contributed by atoms with Crippen molar-refractivity contribution in [2.75, 3.05) is 4.90 Å². The van der Waals surface area contributed by atoms with Gasteiger partial charge in [-0.3, -0.25) is 0 Å². The average molecular weight is 304 g/mol. The van der Waals surface area contributed by atoms with Crippen molar-refractivity contribution in [1.29, 1.82) is 0 Å². The fraction of sp³-hybridized carbons (Fsp3) is 0.412. The monoisotopic (exact) mass is 303 g/mol. The molecule has 1 heterocycles. The Kier molecular flexibility index (Phi) is 5.57. The van der Waals surface area contributed by atoms with Gasteiger partial charge in [-0.1, -0.05) is 55.3 Å². The van der Waals surface area contributed by atoms with E-state index in [1.807, 2.05) is 6.07 Å². The molecule has 0 N–H and O–H groups in total. The molecule has 112 valence electrons. The fourth-order valence-corrected chi connectivity index (χ4v) is 2.60. The lowest BCUT2D eigenvalue weighted by atomic mass is 10.1. The first-order chi connectivity index (χ1) is 10.1. The van der Waals surface area contributed by atoms with Crippen LogP contribution in [0.1, 0.15) is 38.3 Å². The molecule has 2 aromatic rings. The lowest BCUT2D eigenvalue weighted by Gasteiger charge is -2.30. The Morgan fingerprint density at radius 2 is 1.86 bits per heavy atom. The van der Waals surface area contributed by atoms with Crippen molar-refractivity contribution in [3.63, 3.8) is 0 Å². The molecule has 4 heteroatoms. The highest BCUT2D eigenvalue weighted by Gasteiger charge is 2.18. The van der Waals surface area contributed by atoms with E-state index in [2.05, 4.69) is 59.9 Å². The molecule has 1 aromatic heterocycles. The summed E-state index contributed by atoms with van der Waals surface area (Å²) in [5.74, 6) is 0.954. The third-order valence-corrected chi connectivity index (χ3v) is 3.79. The first kappa shape index (κ1) is 15.8. The third-order valence-electron chi connectivity index (χ3n) is 3.46. The first-order valence-corrected chi connectivity index (χ1v) is 7.81. The summed E-state index contributed by atoms with van der Waals surface area (Å²) in [7, 11) is 0. The van der Waals surface area contributed by atoms with Crippen molar-refractivity contribution in [1.82, 2.24) is 9.97 Å². The highest BCUT2D eigenvalue weighted by molar-refractivity contribution is 6.30. The summed E-state index contributed by atoms with van der Waals surface area (Å²) < 4.78 is 0. The molecule has 1 aromatic carbocycles. The van der Waals surface area contributed by atoms with Crippen LogP contribution < -0.4 is 4.90 Å². The molecule has 0 radical (unpaired) electrons. The Morgan fingerprint density at radius 3 is 2.48 bits per heavy atom. The molecule has 0 atom stereocenters. The van der Waals surface area contributed by atoms with Gasteiger partial charge in [0.25, 0.3) is 0 Å². The summed E-state index contributed by atoms with van der Waals surface area (Å²) in [6, 6.07) is 10.8. The van der Waals surface area contributed by atoms with E-state index in [4.69, 9.17) is 11.6 Å². The molecule has 0 aliphatic rings. The molecule has 0 bridgehead atoms. The van der Waals surface area contributed by atoms with Crippen molar-refractivity contribution >= 4 is 17.4 Å². The van der Waals surface area contributed by atoms with E-state index < -0.39 is 0 Å². The predicted molar refractivity (Wildman–Crippen MR) is 88.8 cm³/mol. The van der Waals surface area contributed by atoms with Crippen LogP contribution in [0.3, 0.4) is 0 Å². The molecule has 0 aliphatic heterocycles. The molecule has 3 nitrogen and oxygen atoms in total. The Morgan fingerprint density at radius 1 is 1.14 bits per heavy atom. The van der Waals surface area contributed by atoms with Crippen LogP contribution in [-0.4, -0.2) is 16.0 Å². The van der Waals surface area contributed by atoms with Gasteiger partial charge in [0.15, 0.2) is 0 Å². The summed E-state index contributed by atoms with van der Waals surface area (Å²) >= 11 is 6.28. The SMILES string of the molecule is CCCc1c(Cl)ncnc1N(Cc1ccccc1)C(C)C. The quantitative estimate of drug-likeness (QED) is 0.736. The van der Waals surface area contributed by atoms with E-state index in [1.54, 1.807) is 6.33 Å². The normalized spacial score (nSPS) is 10.9. The molecule has 0 aliphatic carbocycles. The number of benzene rings is 1. The lowest BCUT2D eigenvalue weighted by Crippen LogP contribution is -2.32. The number of aromatic nitrogens is 2. The van der Waals surface area contributed by atoms with Gasteiger partial charge in [0, 0.05) is 18.2 Å². The van der Waals surface area contributed by atoms with Crippen molar-refractivity contribution in [2.24, 2.45) is 0 Å². The summed E-state index contributed by atoms with van der Waals surface area (Å²) in [5, 5.41) is 0.570. The number of rotatable bonds is 6. The van der Waals surface area contributed by atoms with Gasteiger partial charge in [-0.15, -0.1) is 0 Å². The summed E-state index contributed by atoms with van der Waals surface area (Å²) in [6.45, 7) is 7.32. The number of halogens is 1. The van der Waals surface area contributed by atoms with Crippen LogP contribution in [0, 0.1) is 0 Å². The molecule has 0 unspecified atom stereocenters. The van der Waals surface area contributed by atoms with E-state index in [1.165, 1.54) is 5.56 Å². The van der Waals surface area contributed by atoms with Gasteiger partial charge >= 0.3 is 0 Å². The van der Waals surface area contributed by atoms with Crippen molar-refractivity contribution in [3.8, 4) is 0 Å². The second kappa shape index (κ2) is 7.41. The maximum atomic E-state index is 6.28. The Hall–Kier alpha value is -1.61. The average Bonchev–Trinajstić information content (AvgIpc) is 2.48. The smallest absolute Gasteiger partial charge is 0.137 e. The van der Waals surface area contributed by atoms with Gasteiger partial charge in [-0.25, -0.2) is 9.97 Å². The van der Waals surface area contributed by atoms with Crippen LogP contribution in [0.25, 0.3) is 0 Å². The van der Waals surface area contributed by atoms with Crippen molar-refractivity contribution in [3.05, 3.63) is 52.9 Å². The number of hydrogen-bond donors (Lipinski definition) is 0. The zero-order valence-electron chi connectivity index (χ0n) is 12.9. The van der Waals surface area contributed by atoms with Crippen molar-refractivity contribution < 1.29 is 0 Å². The highest BCUT2D eigenvalue weighted by atomic mass is 35.5. The molecule has 0 amide bonds. The van der Waals surface area contributed by atoms with Crippen LogP contribution in [0.5, 0.6) is 0 Å². The Bertz CT molecular complexity index is 570. The zero-order chi connectivity index (χ0) is 15.2. The molecule has 2 rings (SSSR count).